The van der Waals surface area contributed by atoms with Crippen LogP contribution >= 0.6 is 27.3 Å². The van der Waals surface area contributed by atoms with E-state index in [0.717, 1.165) is 17.6 Å². The van der Waals surface area contributed by atoms with Crippen molar-refractivity contribution in [3.63, 3.8) is 0 Å². The lowest BCUT2D eigenvalue weighted by Gasteiger charge is -2.21. The largest absolute Gasteiger partial charge is 0.308 e. The molecule has 0 spiro atoms. The number of nitrogens with zero attached hydrogens (tertiary/aromatic N) is 1. The van der Waals surface area contributed by atoms with Gasteiger partial charge in [0.15, 0.2) is 0 Å². The topological polar surface area (TPSA) is 24.9 Å². The van der Waals surface area contributed by atoms with Crippen LogP contribution < -0.4 is 5.32 Å². The number of thiazole rings is 1. The molecule has 0 radical (unpaired) electrons. The van der Waals surface area contributed by atoms with Crippen LogP contribution in [0.4, 0.5) is 0 Å². The van der Waals surface area contributed by atoms with Gasteiger partial charge < -0.3 is 5.32 Å². The molecule has 0 aliphatic carbocycles. The van der Waals surface area contributed by atoms with E-state index in [0.29, 0.717) is 6.04 Å². The minimum absolute atomic E-state index is 0.505. The summed E-state index contributed by atoms with van der Waals surface area (Å²) in [5, 5.41) is 4.78. The molecule has 2 nitrogen and oxygen atoms in total. The third-order valence-corrected chi connectivity index (χ3v) is 4.83. The Balaban J connectivity index is 2.14. The van der Waals surface area contributed by atoms with Crippen molar-refractivity contribution in [1.29, 1.82) is 0 Å². The first-order chi connectivity index (χ1) is 6.81. The highest BCUT2D eigenvalue weighted by atomic mass is 79.9. The Kier molecular flexibility index (Phi) is 3.57. The first kappa shape index (κ1) is 10.6. The summed E-state index contributed by atoms with van der Waals surface area (Å²) in [6.07, 6.45) is 4.95. The van der Waals surface area contributed by atoms with Gasteiger partial charge in [0.2, 0.25) is 0 Å². The molecular weight excluding hydrogens is 260 g/mol. The molecule has 1 aromatic rings. The van der Waals surface area contributed by atoms with Crippen molar-refractivity contribution >= 4 is 27.3 Å². The van der Waals surface area contributed by atoms with Crippen LogP contribution in [0, 0.1) is 0 Å². The third-order valence-electron chi connectivity index (χ3n) is 2.60. The van der Waals surface area contributed by atoms with Gasteiger partial charge in [0.05, 0.1) is 6.04 Å². The Hall–Kier alpha value is 0.0700. The van der Waals surface area contributed by atoms with E-state index in [1.165, 1.54) is 29.1 Å². The fourth-order valence-corrected chi connectivity index (χ4v) is 3.62. The number of halogens is 1. The van der Waals surface area contributed by atoms with Crippen molar-refractivity contribution in [2.24, 2.45) is 0 Å². The van der Waals surface area contributed by atoms with Gasteiger partial charge in [-0.3, -0.25) is 0 Å². The molecule has 0 amide bonds. The molecule has 1 fully saturated rings. The van der Waals surface area contributed by atoms with Gasteiger partial charge in [-0.2, -0.15) is 0 Å². The molecule has 0 saturated carbocycles. The average Bonchev–Trinajstić information content (AvgIpc) is 2.61. The summed E-state index contributed by atoms with van der Waals surface area (Å²) in [6.45, 7) is 3.32. The van der Waals surface area contributed by atoms with Crippen molar-refractivity contribution < 1.29 is 0 Å². The van der Waals surface area contributed by atoms with E-state index in [1.54, 1.807) is 0 Å². The van der Waals surface area contributed by atoms with Crippen LogP contribution in [0.3, 0.4) is 0 Å². The molecule has 1 aliphatic heterocycles. The molecule has 1 N–H and O–H groups in total. The van der Waals surface area contributed by atoms with E-state index in [4.69, 9.17) is 0 Å². The molecule has 2 heterocycles. The lowest BCUT2D eigenvalue weighted by atomic mass is 10.1. The van der Waals surface area contributed by atoms with E-state index in [9.17, 15) is 0 Å². The van der Waals surface area contributed by atoms with Crippen LogP contribution in [0.25, 0.3) is 0 Å². The van der Waals surface area contributed by atoms with Crippen LogP contribution in [0.1, 0.15) is 42.1 Å². The number of aryl methyl sites for hydroxylation is 1. The predicted molar refractivity (Wildman–Crippen MR) is 63.8 cm³/mol. The maximum Gasteiger partial charge on any atom is 0.120 e. The van der Waals surface area contributed by atoms with Crippen molar-refractivity contribution in [3.8, 4) is 0 Å². The lowest BCUT2D eigenvalue weighted by Crippen LogP contribution is -2.26. The molecule has 0 bridgehead atoms. The lowest BCUT2D eigenvalue weighted by molar-refractivity contribution is 0.411. The van der Waals surface area contributed by atoms with E-state index in [1.807, 2.05) is 11.3 Å². The van der Waals surface area contributed by atoms with Crippen molar-refractivity contribution in [2.75, 3.05) is 6.54 Å². The van der Waals surface area contributed by atoms with Crippen LogP contribution in [-0.4, -0.2) is 11.5 Å². The molecule has 78 valence electrons. The number of hydrogen-bond acceptors (Lipinski definition) is 3. The molecule has 0 aromatic carbocycles. The molecule has 4 heteroatoms. The van der Waals surface area contributed by atoms with Crippen molar-refractivity contribution in [1.82, 2.24) is 10.3 Å². The maximum atomic E-state index is 4.58. The summed E-state index contributed by atoms with van der Waals surface area (Å²) in [5.41, 5.74) is 0. The fraction of sp³-hybridized carbons (Fsp3) is 0.700. The molecular formula is C10H15BrN2S. The maximum absolute atomic E-state index is 4.58. The van der Waals surface area contributed by atoms with Gasteiger partial charge >= 0.3 is 0 Å². The van der Waals surface area contributed by atoms with E-state index >= 15 is 0 Å². The SMILES string of the molecule is CCc1sc(C2CCCCN2)nc1Br. The first-order valence-electron chi connectivity index (χ1n) is 5.19. The van der Waals surface area contributed by atoms with Gasteiger partial charge in [0, 0.05) is 4.88 Å². The molecule has 14 heavy (non-hydrogen) atoms. The third kappa shape index (κ3) is 2.18. The summed E-state index contributed by atoms with van der Waals surface area (Å²) < 4.78 is 1.05. The van der Waals surface area contributed by atoms with Crippen molar-refractivity contribution in [2.45, 2.75) is 38.6 Å². The molecule has 2 rings (SSSR count). The van der Waals surface area contributed by atoms with Gasteiger partial charge in [-0.05, 0) is 41.7 Å². The molecule has 1 atom stereocenters. The zero-order valence-corrected chi connectivity index (χ0v) is 10.7. The second kappa shape index (κ2) is 4.73. The normalized spacial score (nSPS) is 22.6. The standard InChI is InChI=1S/C10H15BrN2S/c1-2-8-9(11)13-10(14-8)7-5-3-4-6-12-7/h7,12H,2-6H2,1H3. The van der Waals surface area contributed by atoms with Crippen LogP contribution in [0.2, 0.25) is 0 Å². The second-order valence-corrected chi connectivity index (χ2v) is 5.49. The monoisotopic (exact) mass is 274 g/mol. The Morgan fingerprint density at radius 2 is 2.43 bits per heavy atom. The average molecular weight is 275 g/mol. The van der Waals surface area contributed by atoms with Crippen molar-refractivity contribution in [3.05, 3.63) is 14.5 Å². The number of rotatable bonds is 2. The number of nitrogens with one attached hydrogen (secondary N) is 1. The summed E-state index contributed by atoms with van der Waals surface area (Å²) in [5.74, 6) is 0. The summed E-state index contributed by atoms with van der Waals surface area (Å²) >= 11 is 5.36. The molecule has 1 aliphatic rings. The first-order valence-corrected chi connectivity index (χ1v) is 6.80. The predicted octanol–water partition coefficient (Wildman–Crippen LogP) is 3.28. The summed E-state index contributed by atoms with van der Waals surface area (Å²) in [4.78, 5) is 5.95. The number of aromatic nitrogens is 1. The molecule has 1 unspecified atom stereocenters. The number of piperidine rings is 1. The zero-order valence-electron chi connectivity index (χ0n) is 8.35. The second-order valence-electron chi connectivity index (χ2n) is 3.62. The number of hydrogen-bond donors (Lipinski definition) is 1. The van der Waals surface area contributed by atoms with E-state index < -0.39 is 0 Å². The van der Waals surface area contributed by atoms with Crippen LogP contribution in [0.15, 0.2) is 4.60 Å². The van der Waals surface area contributed by atoms with Gasteiger partial charge in [0.1, 0.15) is 9.61 Å². The van der Waals surface area contributed by atoms with E-state index in [-0.39, 0.29) is 0 Å². The van der Waals surface area contributed by atoms with Crippen LogP contribution in [-0.2, 0) is 6.42 Å². The quantitative estimate of drug-likeness (QED) is 0.896. The highest BCUT2D eigenvalue weighted by Gasteiger charge is 2.19. The molecule has 1 aromatic heterocycles. The van der Waals surface area contributed by atoms with Gasteiger partial charge in [0.25, 0.3) is 0 Å². The summed E-state index contributed by atoms with van der Waals surface area (Å²) in [7, 11) is 0. The smallest absolute Gasteiger partial charge is 0.120 e. The Morgan fingerprint density at radius 3 is 3.00 bits per heavy atom. The van der Waals surface area contributed by atoms with Gasteiger partial charge in [-0.25, -0.2) is 4.98 Å². The Labute approximate surface area is 97.3 Å². The van der Waals surface area contributed by atoms with Gasteiger partial charge in [-0.1, -0.05) is 13.3 Å². The highest BCUT2D eigenvalue weighted by Crippen LogP contribution is 2.31. The zero-order chi connectivity index (χ0) is 9.97. The highest BCUT2D eigenvalue weighted by molar-refractivity contribution is 9.10. The van der Waals surface area contributed by atoms with Gasteiger partial charge in [-0.15, -0.1) is 11.3 Å². The van der Waals surface area contributed by atoms with Crippen LogP contribution in [0.5, 0.6) is 0 Å². The minimum Gasteiger partial charge on any atom is -0.308 e. The molecule has 1 saturated heterocycles. The fourth-order valence-electron chi connectivity index (χ4n) is 1.78. The summed E-state index contributed by atoms with van der Waals surface area (Å²) in [6, 6.07) is 0.505. The minimum atomic E-state index is 0.505. The Bertz CT molecular complexity index is 305. The van der Waals surface area contributed by atoms with E-state index in [2.05, 4.69) is 33.2 Å². The Morgan fingerprint density at radius 1 is 1.57 bits per heavy atom.